The highest BCUT2D eigenvalue weighted by atomic mass is 19.1. The molecule has 0 aliphatic carbocycles. The molecule has 0 saturated heterocycles. The second kappa shape index (κ2) is 5.82. The Bertz CT molecular complexity index is 613. The van der Waals surface area contributed by atoms with Gasteiger partial charge in [0, 0.05) is 11.3 Å². The van der Waals surface area contributed by atoms with Crippen LogP contribution in [-0.2, 0) is 0 Å². The van der Waals surface area contributed by atoms with Crippen molar-refractivity contribution in [2.75, 3.05) is 12.4 Å². The highest BCUT2D eigenvalue weighted by Gasteiger charge is 2.12. The molecular weight excluding hydrogens is 257 g/mol. The predicted molar refractivity (Wildman–Crippen MR) is 77.8 cm³/mol. The third-order valence-corrected chi connectivity index (χ3v) is 3.26. The molecule has 3 nitrogen and oxygen atoms in total. The maximum Gasteiger partial charge on any atom is 0.123 e. The van der Waals surface area contributed by atoms with Gasteiger partial charge in [-0.2, -0.15) is 0 Å². The number of phenolic OH excluding ortho intramolecular Hbond substituents is 1. The monoisotopic (exact) mass is 275 g/mol. The van der Waals surface area contributed by atoms with E-state index in [1.165, 1.54) is 12.1 Å². The summed E-state index contributed by atoms with van der Waals surface area (Å²) in [4.78, 5) is 0. The lowest BCUT2D eigenvalue weighted by atomic mass is 10.1. The Morgan fingerprint density at radius 2 is 1.95 bits per heavy atom. The van der Waals surface area contributed by atoms with E-state index in [2.05, 4.69) is 5.32 Å². The molecule has 1 unspecified atom stereocenters. The summed E-state index contributed by atoms with van der Waals surface area (Å²) in [7, 11) is 1.58. The summed E-state index contributed by atoms with van der Waals surface area (Å²) in [6.45, 7) is 3.76. The topological polar surface area (TPSA) is 41.5 Å². The molecule has 0 heterocycles. The van der Waals surface area contributed by atoms with Gasteiger partial charge in [0.1, 0.15) is 17.3 Å². The van der Waals surface area contributed by atoms with E-state index in [-0.39, 0.29) is 17.6 Å². The van der Waals surface area contributed by atoms with Gasteiger partial charge >= 0.3 is 0 Å². The van der Waals surface area contributed by atoms with Gasteiger partial charge in [0.15, 0.2) is 0 Å². The quantitative estimate of drug-likeness (QED) is 0.885. The number of hydrogen-bond acceptors (Lipinski definition) is 3. The minimum Gasteiger partial charge on any atom is -0.508 e. The molecule has 0 aromatic heterocycles. The van der Waals surface area contributed by atoms with Crippen molar-refractivity contribution in [1.82, 2.24) is 0 Å². The molecule has 2 N–H and O–H groups in total. The zero-order valence-corrected chi connectivity index (χ0v) is 11.8. The molecular formula is C16H18FNO2. The molecule has 0 aliphatic rings. The first kappa shape index (κ1) is 14.2. The Morgan fingerprint density at radius 1 is 1.20 bits per heavy atom. The van der Waals surface area contributed by atoms with E-state index in [9.17, 15) is 9.50 Å². The van der Waals surface area contributed by atoms with Crippen LogP contribution >= 0.6 is 0 Å². The van der Waals surface area contributed by atoms with Gasteiger partial charge < -0.3 is 15.2 Å². The van der Waals surface area contributed by atoms with E-state index in [0.29, 0.717) is 5.75 Å². The Balaban J connectivity index is 2.25. The van der Waals surface area contributed by atoms with Crippen molar-refractivity contribution in [3.05, 3.63) is 53.3 Å². The van der Waals surface area contributed by atoms with E-state index in [1.54, 1.807) is 31.4 Å². The van der Waals surface area contributed by atoms with Gasteiger partial charge in [-0.25, -0.2) is 4.39 Å². The Kier molecular flexibility index (Phi) is 4.13. The lowest BCUT2D eigenvalue weighted by Gasteiger charge is -2.19. The number of nitrogens with one attached hydrogen (secondary N) is 1. The van der Waals surface area contributed by atoms with E-state index in [4.69, 9.17) is 4.74 Å². The largest absolute Gasteiger partial charge is 0.508 e. The molecule has 0 radical (unpaired) electrons. The number of anilines is 1. The Labute approximate surface area is 118 Å². The first-order valence-corrected chi connectivity index (χ1v) is 6.41. The molecule has 0 amide bonds. The van der Waals surface area contributed by atoms with Crippen LogP contribution in [0.25, 0.3) is 0 Å². The first-order valence-electron chi connectivity index (χ1n) is 6.41. The highest BCUT2D eigenvalue weighted by Crippen LogP contribution is 2.31. The first-order chi connectivity index (χ1) is 9.51. The summed E-state index contributed by atoms with van der Waals surface area (Å²) >= 11 is 0. The van der Waals surface area contributed by atoms with Gasteiger partial charge in [0.05, 0.1) is 13.2 Å². The van der Waals surface area contributed by atoms with Crippen molar-refractivity contribution in [3.63, 3.8) is 0 Å². The van der Waals surface area contributed by atoms with E-state index >= 15 is 0 Å². The van der Waals surface area contributed by atoms with Crippen LogP contribution in [0.2, 0.25) is 0 Å². The molecule has 20 heavy (non-hydrogen) atoms. The van der Waals surface area contributed by atoms with Crippen LogP contribution < -0.4 is 10.1 Å². The molecule has 0 fully saturated rings. The maximum atomic E-state index is 13.1. The van der Waals surface area contributed by atoms with E-state index < -0.39 is 0 Å². The van der Waals surface area contributed by atoms with Crippen molar-refractivity contribution in [2.45, 2.75) is 19.9 Å². The van der Waals surface area contributed by atoms with Crippen LogP contribution in [-0.4, -0.2) is 12.2 Å². The van der Waals surface area contributed by atoms with Crippen LogP contribution in [0.4, 0.5) is 10.1 Å². The van der Waals surface area contributed by atoms with Crippen molar-refractivity contribution in [1.29, 1.82) is 0 Å². The Morgan fingerprint density at radius 3 is 2.60 bits per heavy atom. The van der Waals surface area contributed by atoms with E-state index in [0.717, 1.165) is 16.8 Å². The van der Waals surface area contributed by atoms with Crippen LogP contribution in [0.15, 0.2) is 36.4 Å². The number of rotatable bonds is 4. The molecule has 0 spiro atoms. The zero-order valence-electron chi connectivity index (χ0n) is 11.8. The fourth-order valence-electron chi connectivity index (χ4n) is 2.11. The molecule has 2 aromatic rings. The van der Waals surface area contributed by atoms with Crippen LogP contribution in [0.5, 0.6) is 11.5 Å². The number of halogens is 1. The zero-order chi connectivity index (χ0) is 14.7. The molecule has 1 atom stereocenters. The number of methoxy groups -OCH3 is 1. The van der Waals surface area contributed by atoms with Crippen molar-refractivity contribution in [2.24, 2.45) is 0 Å². The lowest BCUT2D eigenvalue weighted by Crippen LogP contribution is -2.08. The summed E-state index contributed by atoms with van der Waals surface area (Å²) in [6, 6.07) is 9.53. The number of ether oxygens (including phenoxy) is 1. The summed E-state index contributed by atoms with van der Waals surface area (Å²) in [5.41, 5.74) is 2.38. The van der Waals surface area contributed by atoms with Gasteiger partial charge in [-0.3, -0.25) is 0 Å². The van der Waals surface area contributed by atoms with Gasteiger partial charge in [-0.1, -0.05) is 0 Å². The van der Waals surface area contributed by atoms with Gasteiger partial charge in [-0.05, 0) is 55.8 Å². The third kappa shape index (κ3) is 3.02. The van der Waals surface area contributed by atoms with Gasteiger partial charge in [-0.15, -0.1) is 0 Å². The normalized spacial score (nSPS) is 12.0. The summed E-state index contributed by atoms with van der Waals surface area (Å²) in [5.74, 6) is 0.623. The standard InChI is InChI=1S/C16H18FNO2/c1-10-8-12(17)4-6-15(10)18-11(2)14-9-13(20-3)5-7-16(14)19/h4-9,11,18-19H,1-3H3. The number of aromatic hydroxyl groups is 1. The number of phenols is 1. The average molecular weight is 275 g/mol. The lowest BCUT2D eigenvalue weighted by molar-refractivity contribution is 0.410. The summed E-state index contributed by atoms with van der Waals surface area (Å²) in [6.07, 6.45) is 0. The van der Waals surface area contributed by atoms with Gasteiger partial charge in [0.25, 0.3) is 0 Å². The number of hydrogen-bond donors (Lipinski definition) is 2. The fraction of sp³-hybridized carbons (Fsp3) is 0.250. The van der Waals surface area contributed by atoms with Crippen LogP contribution in [0.1, 0.15) is 24.1 Å². The van der Waals surface area contributed by atoms with Crippen molar-refractivity contribution >= 4 is 5.69 Å². The minimum absolute atomic E-state index is 0.130. The molecule has 2 rings (SSSR count). The number of aryl methyl sites for hydroxylation is 1. The predicted octanol–water partition coefficient (Wildman–Crippen LogP) is 4.02. The van der Waals surface area contributed by atoms with Crippen molar-refractivity contribution in [3.8, 4) is 11.5 Å². The summed E-state index contributed by atoms with van der Waals surface area (Å²) < 4.78 is 18.2. The van der Waals surface area contributed by atoms with Crippen molar-refractivity contribution < 1.29 is 14.2 Å². The molecule has 0 bridgehead atoms. The Hall–Kier alpha value is -2.23. The smallest absolute Gasteiger partial charge is 0.123 e. The SMILES string of the molecule is COc1ccc(O)c(C(C)Nc2ccc(F)cc2C)c1. The maximum absolute atomic E-state index is 13.1. The fourth-order valence-corrected chi connectivity index (χ4v) is 2.11. The summed E-state index contributed by atoms with van der Waals surface area (Å²) in [5, 5.41) is 13.2. The van der Waals surface area contributed by atoms with Crippen LogP contribution in [0.3, 0.4) is 0 Å². The van der Waals surface area contributed by atoms with Gasteiger partial charge in [0.2, 0.25) is 0 Å². The molecule has 4 heteroatoms. The minimum atomic E-state index is -0.259. The molecule has 2 aromatic carbocycles. The molecule has 0 aliphatic heterocycles. The average Bonchev–Trinajstić information content (AvgIpc) is 2.42. The third-order valence-electron chi connectivity index (χ3n) is 3.26. The van der Waals surface area contributed by atoms with E-state index in [1.807, 2.05) is 13.8 Å². The molecule has 106 valence electrons. The highest BCUT2D eigenvalue weighted by molar-refractivity contribution is 5.53. The number of benzene rings is 2. The second-order valence-corrected chi connectivity index (χ2v) is 4.75. The van der Waals surface area contributed by atoms with Crippen LogP contribution in [0, 0.1) is 12.7 Å². The molecule has 0 saturated carbocycles. The second-order valence-electron chi connectivity index (χ2n) is 4.75.